The Hall–Kier alpha value is -1.55. The molecule has 1 aromatic carbocycles. The first kappa shape index (κ1) is 14.9. The number of nitrogens with zero attached hydrogens (tertiary/aromatic N) is 1. The van der Waals surface area contributed by atoms with Crippen molar-refractivity contribution < 1.29 is 14.6 Å². The molecule has 4 nitrogen and oxygen atoms in total. The largest absolute Gasteiger partial charge is 0.494 e. The lowest BCUT2D eigenvalue weighted by Gasteiger charge is -2.35. The van der Waals surface area contributed by atoms with Gasteiger partial charge in [0.25, 0.3) is 5.91 Å². The SMILES string of the molecule is CCOc1ccc(C(=O)N2CCC(O)C(CC)C2)cc1. The van der Waals surface area contributed by atoms with Crippen LogP contribution in [0.2, 0.25) is 0 Å². The minimum atomic E-state index is -0.274. The van der Waals surface area contributed by atoms with E-state index < -0.39 is 0 Å². The molecule has 1 amide bonds. The minimum Gasteiger partial charge on any atom is -0.494 e. The molecule has 1 aliphatic heterocycles. The Kier molecular flexibility index (Phi) is 5.01. The van der Waals surface area contributed by atoms with Gasteiger partial charge < -0.3 is 14.7 Å². The molecule has 1 aromatic rings. The van der Waals surface area contributed by atoms with Gasteiger partial charge in [-0.25, -0.2) is 0 Å². The van der Waals surface area contributed by atoms with Crippen LogP contribution in [0, 0.1) is 5.92 Å². The number of piperidine rings is 1. The molecule has 2 rings (SSSR count). The van der Waals surface area contributed by atoms with Crippen LogP contribution in [0.15, 0.2) is 24.3 Å². The summed E-state index contributed by atoms with van der Waals surface area (Å²) in [5, 5.41) is 9.88. The molecule has 1 heterocycles. The molecule has 1 N–H and O–H groups in total. The Morgan fingerprint density at radius 1 is 1.35 bits per heavy atom. The topological polar surface area (TPSA) is 49.8 Å². The van der Waals surface area contributed by atoms with Crippen LogP contribution in [0.1, 0.15) is 37.0 Å². The Labute approximate surface area is 120 Å². The Bertz CT molecular complexity index is 444. The number of rotatable bonds is 4. The van der Waals surface area contributed by atoms with Gasteiger partial charge in [0.1, 0.15) is 5.75 Å². The molecule has 4 heteroatoms. The second kappa shape index (κ2) is 6.75. The number of carbonyl (C=O) groups excluding carboxylic acids is 1. The second-order valence-corrected chi connectivity index (χ2v) is 5.23. The van der Waals surface area contributed by atoms with E-state index in [2.05, 4.69) is 6.92 Å². The molecule has 0 bridgehead atoms. The summed E-state index contributed by atoms with van der Waals surface area (Å²) >= 11 is 0. The lowest BCUT2D eigenvalue weighted by molar-refractivity contribution is 0.0229. The van der Waals surface area contributed by atoms with Crippen molar-refractivity contribution in [2.75, 3.05) is 19.7 Å². The van der Waals surface area contributed by atoms with Gasteiger partial charge in [0.05, 0.1) is 12.7 Å². The smallest absolute Gasteiger partial charge is 0.253 e. The van der Waals surface area contributed by atoms with E-state index in [1.807, 2.05) is 24.0 Å². The molecule has 1 fully saturated rings. The van der Waals surface area contributed by atoms with Gasteiger partial charge in [-0.2, -0.15) is 0 Å². The number of hydrogen-bond donors (Lipinski definition) is 1. The van der Waals surface area contributed by atoms with E-state index in [4.69, 9.17) is 4.74 Å². The van der Waals surface area contributed by atoms with Gasteiger partial charge in [-0.15, -0.1) is 0 Å². The van der Waals surface area contributed by atoms with Gasteiger partial charge >= 0.3 is 0 Å². The zero-order valence-corrected chi connectivity index (χ0v) is 12.2. The summed E-state index contributed by atoms with van der Waals surface area (Å²) in [5.74, 6) is 1.01. The summed E-state index contributed by atoms with van der Waals surface area (Å²) < 4.78 is 5.38. The van der Waals surface area contributed by atoms with Gasteiger partial charge in [0.15, 0.2) is 0 Å². The monoisotopic (exact) mass is 277 g/mol. The summed E-state index contributed by atoms with van der Waals surface area (Å²) in [4.78, 5) is 14.3. The first-order valence-electron chi connectivity index (χ1n) is 7.35. The lowest BCUT2D eigenvalue weighted by atomic mass is 9.92. The third-order valence-corrected chi connectivity index (χ3v) is 3.92. The van der Waals surface area contributed by atoms with Crippen LogP contribution in [0.3, 0.4) is 0 Å². The number of benzene rings is 1. The van der Waals surface area contributed by atoms with Crippen molar-refractivity contribution >= 4 is 5.91 Å². The minimum absolute atomic E-state index is 0.0402. The van der Waals surface area contributed by atoms with E-state index in [1.165, 1.54) is 0 Å². The highest BCUT2D eigenvalue weighted by Crippen LogP contribution is 2.22. The predicted octanol–water partition coefficient (Wildman–Crippen LogP) is 2.32. The third kappa shape index (κ3) is 3.31. The standard InChI is InChI=1S/C16H23NO3/c1-3-12-11-17(10-9-15(12)18)16(19)13-5-7-14(8-6-13)20-4-2/h5-8,12,15,18H,3-4,9-11H2,1-2H3. The van der Waals surface area contributed by atoms with Crippen LogP contribution in [0.25, 0.3) is 0 Å². The van der Waals surface area contributed by atoms with E-state index in [0.717, 1.165) is 12.2 Å². The maximum absolute atomic E-state index is 12.4. The van der Waals surface area contributed by atoms with E-state index in [1.54, 1.807) is 12.1 Å². The highest BCUT2D eigenvalue weighted by Gasteiger charge is 2.29. The summed E-state index contributed by atoms with van der Waals surface area (Å²) in [6.45, 7) is 5.88. The quantitative estimate of drug-likeness (QED) is 0.919. The molecule has 1 aliphatic rings. The van der Waals surface area contributed by atoms with Crippen LogP contribution in [-0.2, 0) is 0 Å². The van der Waals surface area contributed by atoms with Crippen LogP contribution >= 0.6 is 0 Å². The molecule has 0 aliphatic carbocycles. The van der Waals surface area contributed by atoms with E-state index in [-0.39, 0.29) is 17.9 Å². The van der Waals surface area contributed by atoms with E-state index in [9.17, 15) is 9.90 Å². The fourth-order valence-corrected chi connectivity index (χ4v) is 2.65. The van der Waals surface area contributed by atoms with Gasteiger partial charge in [-0.05, 0) is 44.0 Å². The molecule has 0 radical (unpaired) electrons. The van der Waals surface area contributed by atoms with Crippen molar-refractivity contribution in [1.82, 2.24) is 4.90 Å². The van der Waals surface area contributed by atoms with Gasteiger partial charge in [0.2, 0.25) is 0 Å². The molecule has 1 saturated heterocycles. The molecule has 2 atom stereocenters. The zero-order valence-electron chi connectivity index (χ0n) is 12.2. The Morgan fingerprint density at radius 3 is 2.65 bits per heavy atom. The van der Waals surface area contributed by atoms with Crippen LogP contribution in [-0.4, -0.2) is 41.7 Å². The average Bonchev–Trinajstić information content (AvgIpc) is 2.48. The molecule has 0 saturated carbocycles. The van der Waals surface area contributed by atoms with E-state index >= 15 is 0 Å². The second-order valence-electron chi connectivity index (χ2n) is 5.23. The van der Waals surface area contributed by atoms with Crippen molar-refractivity contribution in [1.29, 1.82) is 0 Å². The van der Waals surface area contributed by atoms with Crippen molar-refractivity contribution in [3.8, 4) is 5.75 Å². The molecular weight excluding hydrogens is 254 g/mol. The van der Waals surface area contributed by atoms with Crippen molar-refractivity contribution in [2.45, 2.75) is 32.8 Å². The summed E-state index contributed by atoms with van der Waals surface area (Å²) in [7, 11) is 0. The maximum atomic E-state index is 12.4. The predicted molar refractivity (Wildman–Crippen MR) is 77.9 cm³/mol. The first-order valence-corrected chi connectivity index (χ1v) is 7.35. The third-order valence-electron chi connectivity index (χ3n) is 3.92. The van der Waals surface area contributed by atoms with Crippen LogP contribution in [0.5, 0.6) is 5.75 Å². The lowest BCUT2D eigenvalue weighted by Crippen LogP contribution is -2.45. The molecule has 0 aromatic heterocycles. The number of aliphatic hydroxyl groups excluding tert-OH is 1. The van der Waals surface area contributed by atoms with Crippen molar-refractivity contribution in [2.24, 2.45) is 5.92 Å². The van der Waals surface area contributed by atoms with E-state index in [0.29, 0.717) is 31.7 Å². The molecule has 20 heavy (non-hydrogen) atoms. The van der Waals surface area contributed by atoms with Gasteiger partial charge in [-0.1, -0.05) is 6.92 Å². The summed E-state index contributed by atoms with van der Waals surface area (Å²) in [6.07, 6.45) is 1.29. The average molecular weight is 277 g/mol. The van der Waals surface area contributed by atoms with Crippen molar-refractivity contribution in [3.05, 3.63) is 29.8 Å². The summed E-state index contributed by atoms with van der Waals surface area (Å²) in [5.41, 5.74) is 0.680. The number of likely N-dealkylation sites (tertiary alicyclic amines) is 1. The van der Waals surface area contributed by atoms with Crippen LogP contribution < -0.4 is 4.74 Å². The molecule has 0 spiro atoms. The highest BCUT2D eigenvalue weighted by atomic mass is 16.5. The van der Waals surface area contributed by atoms with Crippen molar-refractivity contribution in [3.63, 3.8) is 0 Å². The molecule has 110 valence electrons. The number of aliphatic hydroxyl groups is 1. The maximum Gasteiger partial charge on any atom is 0.253 e. The Morgan fingerprint density at radius 2 is 2.05 bits per heavy atom. The first-order chi connectivity index (χ1) is 9.65. The van der Waals surface area contributed by atoms with Crippen LogP contribution in [0.4, 0.5) is 0 Å². The fraction of sp³-hybridized carbons (Fsp3) is 0.562. The number of hydrogen-bond acceptors (Lipinski definition) is 3. The normalized spacial score (nSPS) is 22.6. The number of carbonyl (C=O) groups is 1. The highest BCUT2D eigenvalue weighted by molar-refractivity contribution is 5.94. The number of amides is 1. The zero-order chi connectivity index (χ0) is 14.5. The summed E-state index contributed by atoms with van der Waals surface area (Å²) in [6, 6.07) is 7.26. The fourth-order valence-electron chi connectivity index (χ4n) is 2.65. The van der Waals surface area contributed by atoms with Gasteiger partial charge in [-0.3, -0.25) is 4.79 Å². The Balaban J connectivity index is 2.03. The molecular formula is C16H23NO3. The number of ether oxygens (including phenoxy) is 1. The van der Waals surface area contributed by atoms with Gasteiger partial charge in [0, 0.05) is 24.6 Å². The molecule has 2 unspecified atom stereocenters.